The van der Waals surface area contributed by atoms with E-state index in [9.17, 15) is 23.3 Å². The van der Waals surface area contributed by atoms with Crippen molar-refractivity contribution in [2.24, 2.45) is 5.92 Å². The summed E-state index contributed by atoms with van der Waals surface area (Å²) in [7, 11) is -3.83. The van der Waals surface area contributed by atoms with Gasteiger partial charge in [-0.05, 0) is 25.8 Å². The monoisotopic (exact) mass is 388 g/mol. The first-order valence-electron chi connectivity index (χ1n) is 8.65. The van der Waals surface area contributed by atoms with Crippen LogP contribution in [0.25, 0.3) is 0 Å². The number of hydrogen-bond donors (Lipinski definition) is 0. The van der Waals surface area contributed by atoms with Gasteiger partial charge in [0, 0.05) is 36.2 Å². The highest BCUT2D eigenvalue weighted by Crippen LogP contribution is 2.28. The molecule has 2 aromatic rings. The van der Waals surface area contributed by atoms with E-state index in [2.05, 4.69) is 0 Å². The fraction of sp³-hybridized carbons (Fsp3) is 0.316. The lowest BCUT2D eigenvalue weighted by molar-refractivity contribution is -0.385. The molecule has 0 N–H and O–H groups in total. The van der Waals surface area contributed by atoms with Crippen LogP contribution in [0.2, 0.25) is 0 Å². The lowest BCUT2D eigenvalue weighted by atomic mass is 9.90. The van der Waals surface area contributed by atoms with Crippen LogP contribution in [0.5, 0.6) is 0 Å². The number of Topliss-reactive ketones (excluding diaryl/α,β-unsaturated/α-hetero) is 1. The predicted octanol–water partition coefficient (Wildman–Crippen LogP) is 3.19. The molecular weight excluding hydrogens is 368 g/mol. The van der Waals surface area contributed by atoms with Gasteiger partial charge in [-0.1, -0.05) is 36.4 Å². The van der Waals surface area contributed by atoms with Gasteiger partial charge in [0.1, 0.15) is 0 Å². The summed E-state index contributed by atoms with van der Waals surface area (Å²) in [4.78, 5) is 23.0. The van der Waals surface area contributed by atoms with Crippen molar-refractivity contribution >= 4 is 21.5 Å². The summed E-state index contributed by atoms with van der Waals surface area (Å²) in [6.07, 6.45) is 0.863. The number of sulfonamides is 1. The molecule has 3 rings (SSSR count). The van der Waals surface area contributed by atoms with Crippen molar-refractivity contribution in [1.29, 1.82) is 0 Å². The summed E-state index contributed by atoms with van der Waals surface area (Å²) in [5.74, 6) is -0.190. The molecule has 0 spiro atoms. The number of rotatable bonds is 5. The first-order valence-corrected chi connectivity index (χ1v) is 10.1. The Balaban J connectivity index is 1.74. The molecule has 0 amide bonds. The first kappa shape index (κ1) is 19.2. The number of benzene rings is 2. The minimum atomic E-state index is -3.83. The topological polar surface area (TPSA) is 97.6 Å². The summed E-state index contributed by atoms with van der Waals surface area (Å²) in [6.45, 7) is 2.00. The highest BCUT2D eigenvalue weighted by molar-refractivity contribution is 7.89. The lowest BCUT2D eigenvalue weighted by Gasteiger charge is -2.30. The van der Waals surface area contributed by atoms with Crippen molar-refractivity contribution in [3.05, 3.63) is 69.8 Å². The summed E-state index contributed by atoms with van der Waals surface area (Å²) in [6, 6.07) is 12.9. The van der Waals surface area contributed by atoms with Crippen molar-refractivity contribution in [2.75, 3.05) is 13.1 Å². The van der Waals surface area contributed by atoms with Crippen LogP contribution in [0.3, 0.4) is 0 Å². The van der Waals surface area contributed by atoms with E-state index >= 15 is 0 Å². The van der Waals surface area contributed by atoms with Crippen molar-refractivity contribution in [3.63, 3.8) is 0 Å². The summed E-state index contributed by atoms with van der Waals surface area (Å²) < 4.78 is 27.0. The standard InChI is InChI=1S/C19H20N2O5S/c1-14-7-8-17(13-18(14)21(23)24)27(25,26)20-11-9-16(10-12-20)19(22)15-5-3-2-4-6-15/h2-8,13,16H,9-12H2,1H3. The van der Waals surface area contributed by atoms with Gasteiger partial charge >= 0.3 is 0 Å². The number of hydrogen-bond acceptors (Lipinski definition) is 5. The molecule has 0 atom stereocenters. The number of nitro groups is 1. The normalized spacial score (nSPS) is 16.2. The van der Waals surface area contributed by atoms with Crippen molar-refractivity contribution in [2.45, 2.75) is 24.7 Å². The predicted molar refractivity (Wildman–Crippen MR) is 100 cm³/mol. The Morgan fingerprint density at radius 3 is 2.33 bits per heavy atom. The zero-order valence-corrected chi connectivity index (χ0v) is 15.7. The lowest BCUT2D eigenvalue weighted by Crippen LogP contribution is -2.40. The Labute approximate surface area is 157 Å². The molecule has 0 radical (unpaired) electrons. The zero-order chi connectivity index (χ0) is 19.6. The van der Waals surface area contributed by atoms with E-state index in [1.807, 2.05) is 6.07 Å². The number of carbonyl (C=O) groups is 1. The average molecular weight is 388 g/mol. The molecule has 1 heterocycles. The first-order chi connectivity index (χ1) is 12.8. The van der Waals surface area contributed by atoms with E-state index in [1.54, 1.807) is 31.2 Å². The minimum Gasteiger partial charge on any atom is -0.294 e. The van der Waals surface area contributed by atoms with Crippen LogP contribution in [-0.4, -0.2) is 36.5 Å². The Bertz CT molecular complexity index is 965. The highest BCUT2D eigenvalue weighted by atomic mass is 32.2. The molecule has 7 nitrogen and oxygen atoms in total. The molecular formula is C19H20N2O5S. The van der Waals surface area contributed by atoms with E-state index in [1.165, 1.54) is 16.4 Å². The third kappa shape index (κ3) is 3.91. The third-order valence-electron chi connectivity index (χ3n) is 4.90. The SMILES string of the molecule is Cc1ccc(S(=O)(=O)N2CCC(C(=O)c3ccccc3)CC2)cc1[N+](=O)[O-]. The largest absolute Gasteiger partial charge is 0.294 e. The Hall–Kier alpha value is -2.58. The van der Waals surface area contributed by atoms with Gasteiger partial charge in [0.05, 0.1) is 9.82 Å². The van der Waals surface area contributed by atoms with Crippen LogP contribution in [0.15, 0.2) is 53.4 Å². The molecule has 1 aliphatic heterocycles. The maximum absolute atomic E-state index is 12.8. The molecule has 8 heteroatoms. The Morgan fingerprint density at radius 2 is 1.74 bits per heavy atom. The number of ketones is 1. The number of aryl methyl sites for hydroxylation is 1. The molecule has 1 fully saturated rings. The molecule has 0 aliphatic carbocycles. The summed E-state index contributed by atoms with van der Waals surface area (Å²) in [5, 5.41) is 11.1. The molecule has 142 valence electrons. The zero-order valence-electron chi connectivity index (χ0n) is 14.9. The van der Waals surface area contributed by atoms with Gasteiger partial charge in [-0.15, -0.1) is 0 Å². The van der Waals surface area contributed by atoms with Crippen molar-refractivity contribution in [1.82, 2.24) is 4.31 Å². The molecule has 0 bridgehead atoms. The fourth-order valence-electron chi connectivity index (χ4n) is 3.29. The van der Waals surface area contributed by atoms with Gasteiger partial charge in [0.2, 0.25) is 10.0 Å². The summed E-state index contributed by atoms with van der Waals surface area (Å²) >= 11 is 0. The van der Waals surface area contributed by atoms with E-state index in [0.717, 1.165) is 6.07 Å². The number of nitro benzene ring substituents is 1. The van der Waals surface area contributed by atoms with Gasteiger partial charge in [0.25, 0.3) is 5.69 Å². The van der Waals surface area contributed by atoms with Crippen LogP contribution >= 0.6 is 0 Å². The van der Waals surface area contributed by atoms with Gasteiger partial charge in [0.15, 0.2) is 5.78 Å². The number of nitrogens with zero attached hydrogens (tertiary/aromatic N) is 2. The Kier molecular flexibility index (Phi) is 5.38. The summed E-state index contributed by atoms with van der Waals surface area (Å²) in [5.41, 5.74) is 0.823. The highest BCUT2D eigenvalue weighted by Gasteiger charge is 2.33. The van der Waals surface area contributed by atoms with Gasteiger partial charge in [-0.3, -0.25) is 14.9 Å². The molecule has 2 aromatic carbocycles. The average Bonchev–Trinajstić information content (AvgIpc) is 2.68. The number of carbonyl (C=O) groups excluding carboxylic acids is 1. The van der Waals surface area contributed by atoms with Crippen LogP contribution in [0.1, 0.15) is 28.8 Å². The van der Waals surface area contributed by atoms with E-state index in [4.69, 9.17) is 0 Å². The molecule has 0 unspecified atom stereocenters. The molecule has 1 saturated heterocycles. The second-order valence-electron chi connectivity index (χ2n) is 6.61. The quantitative estimate of drug-likeness (QED) is 0.445. The maximum Gasteiger partial charge on any atom is 0.273 e. The minimum absolute atomic E-state index is 0.0265. The Morgan fingerprint density at radius 1 is 1.11 bits per heavy atom. The van der Waals surface area contributed by atoms with E-state index in [0.29, 0.717) is 24.0 Å². The molecule has 27 heavy (non-hydrogen) atoms. The molecule has 0 aromatic heterocycles. The van der Waals surface area contributed by atoms with Gasteiger partial charge < -0.3 is 0 Å². The van der Waals surface area contributed by atoms with Crippen LogP contribution in [0, 0.1) is 23.0 Å². The van der Waals surface area contributed by atoms with E-state index < -0.39 is 14.9 Å². The van der Waals surface area contributed by atoms with Crippen LogP contribution in [0.4, 0.5) is 5.69 Å². The van der Waals surface area contributed by atoms with Gasteiger partial charge in [-0.2, -0.15) is 4.31 Å². The second kappa shape index (κ2) is 7.58. The maximum atomic E-state index is 12.8. The second-order valence-corrected chi connectivity index (χ2v) is 8.55. The van der Waals surface area contributed by atoms with E-state index in [-0.39, 0.29) is 35.4 Å². The fourth-order valence-corrected chi connectivity index (χ4v) is 4.78. The van der Waals surface area contributed by atoms with Crippen molar-refractivity contribution in [3.8, 4) is 0 Å². The smallest absolute Gasteiger partial charge is 0.273 e. The van der Waals surface area contributed by atoms with Crippen molar-refractivity contribution < 1.29 is 18.1 Å². The molecule has 1 aliphatic rings. The third-order valence-corrected chi connectivity index (χ3v) is 6.79. The van der Waals surface area contributed by atoms with Crippen LogP contribution in [-0.2, 0) is 10.0 Å². The number of piperidine rings is 1. The molecule has 0 saturated carbocycles. The van der Waals surface area contributed by atoms with Crippen LogP contribution < -0.4 is 0 Å². The van der Waals surface area contributed by atoms with Gasteiger partial charge in [-0.25, -0.2) is 8.42 Å².